The van der Waals surface area contributed by atoms with Crippen LogP contribution in [0.15, 0.2) is 64.6 Å². The maximum absolute atomic E-state index is 15.2. The Kier molecular flexibility index (Phi) is 51.3. The van der Waals surface area contributed by atoms with E-state index in [0.29, 0.717) is 82.2 Å². The molecule has 41 nitrogen and oxygen atoms in total. The van der Waals surface area contributed by atoms with Gasteiger partial charge in [-0.25, -0.2) is 9.59 Å². The van der Waals surface area contributed by atoms with Gasteiger partial charge in [0, 0.05) is 91.1 Å². The van der Waals surface area contributed by atoms with E-state index in [9.17, 15) is 82.4 Å². The zero-order valence-electron chi connectivity index (χ0n) is 74.4. The molecule has 1 aliphatic heterocycles. The molecule has 2 aromatic carbocycles. The summed E-state index contributed by atoms with van der Waals surface area (Å²) < 4.78 is 22.2. The predicted octanol–water partition coefficient (Wildman–Crippen LogP) is -0.552. The van der Waals surface area contributed by atoms with Crippen molar-refractivity contribution in [3.63, 3.8) is 0 Å². The van der Waals surface area contributed by atoms with E-state index in [0.717, 1.165) is 32.1 Å². The van der Waals surface area contributed by atoms with Gasteiger partial charge >= 0.3 is 11.9 Å². The van der Waals surface area contributed by atoms with E-state index in [1.807, 2.05) is 6.92 Å². The van der Waals surface area contributed by atoms with Crippen LogP contribution in [0.4, 0.5) is 0 Å². The van der Waals surface area contributed by atoms with Crippen LogP contribution in [-0.2, 0) is 104 Å². The van der Waals surface area contributed by atoms with Crippen LogP contribution in [0, 0.1) is 17.8 Å². The molecule has 2 aliphatic rings. The standard InChI is InChI=1S/C86H139N19O22/c1-7-9-12-26-70(108)96-52-58-27-31-59(32-28-58)74(112)101-64(81(119)120)35-36-71(109)92-39-18-42-124-44-46-126-47-45-125-43-19-40-93-72(110)53-127-54-73(111)97-66(49-56-29-33-60(106)34-30-56)78(116)104-86(5,51-57-20-13-11-14-21-57)83(123)103-65(48-55(3)4)77(115)98-61(22-10-8-2)75(113)100-63(24-16-37-94-84(88)89)80(118)105-41-17-25-68(105)79(117)99-62(23-15-38-95-85(90)91-6)76(114)102-67(82(121)122)50-69(87)107/h11,13-14,20-21,29-30,33-34,55,58-59,61-68,106H,7-10,12,15-19,22-28,31-32,35-54H2,1-6H3,(H2,87,107)(H,92,109)(H,93,110)(H,96,108)(H,97,111)(H,98,115)(H,99,117)(H,100,113)(H,101,112)(H,102,114)(H,103,123)(H,104,116)(H,119,120)(H,121,122)(H4,88,89,94)(H3,90,91,95)/t58?,59?,61?,62-,63-,64-,65-,66-,67-,68-,86?/m0/s1. The number of benzene rings is 2. The number of ether oxygens (including phenoxy) is 4. The van der Waals surface area contributed by atoms with Crippen LogP contribution in [0.5, 0.6) is 5.75 Å². The van der Waals surface area contributed by atoms with Gasteiger partial charge in [0.15, 0.2) is 11.9 Å². The van der Waals surface area contributed by atoms with Crippen molar-refractivity contribution in [2.24, 2.45) is 50.7 Å². The summed E-state index contributed by atoms with van der Waals surface area (Å²) >= 11 is 0. The number of nitrogens with one attached hydrogen (secondary N) is 12. The molecule has 0 radical (unpaired) electrons. The summed E-state index contributed by atoms with van der Waals surface area (Å²) in [7, 11) is 1.45. The molecule has 2 aromatic rings. The molecule has 1 saturated carbocycles. The van der Waals surface area contributed by atoms with Crippen molar-refractivity contribution in [1.29, 1.82) is 0 Å². The number of carboxylic acids is 2. The molecular weight excluding hydrogens is 1650 g/mol. The second kappa shape index (κ2) is 60.4. The fourth-order valence-corrected chi connectivity index (χ4v) is 14.2. The van der Waals surface area contributed by atoms with E-state index in [1.54, 1.807) is 44.2 Å². The van der Waals surface area contributed by atoms with E-state index in [1.165, 1.54) is 43.1 Å². The predicted molar refractivity (Wildman–Crippen MR) is 470 cm³/mol. The highest BCUT2D eigenvalue weighted by Gasteiger charge is 2.43. The van der Waals surface area contributed by atoms with Gasteiger partial charge in [0.05, 0.1) is 32.8 Å². The lowest BCUT2D eigenvalue weighted by Crippen LogP contribution is -2.65. The number of aromatic hydroxyl groups is 1. The third kappa shape index (κ3) is 44.1. The number of nitrogens with zero attached hydrogens (tertiary/aromatic N) is 3. The Bertz CT molecular complexity index is 3870. The summed E-state index contributed by atoms with van der Waals surface area (Å²) in [6, 6.07) is 3.49. The lowest BCUT2D eigenvalue weighted by atomic mass is 9.81. The maximum atomic E-state index is 15.2. The maximum Gasteiger partial charge on any atom is 0.326 e. The van der Waals surface area contributed by atoms with E-state index < -0.39 is 145 Å². The molecule has 127 heavy (non-hydrogen) atoms. The normalized spacial score (nSPS) is 16.5. The number of carboxylic acid groups (broad SMARTS) is 2. The Hall–Kier alpha value is -11.3. The number of likely N-dealkylation sites (tertiary alicyclic amines) is 1. The first-order chi connectivity index (χ1) is 60.6. The largest absolute Gasteiger partial charge is 0.508 e. The molecule has 0 spiro atoms. The molecular formula is C86H139N19O22. The number of hydrogen-bond donors (Lipinski definition) is 19. The second-order valence-corrected chi connectivity index (χ2v) is 32.5. The van der Waals surface area contributed by atoms with Gasteiger partial charge in [-0.3, -0.25) is 72.3 Å². The average Bonchev–Trinajstić information content (AvgIpc) is 1.78. The van der Waals surface area contributed by atoms with Crippen molar-refractivity contribution in [2.45, 2.75) is 249 Å². The second-order valence-electron chi connectivity index (χ2n) is 32.5. The van der Waals surface area contributed by atoms with Crippen LogP contribution in [0.3, 0.4) is 0 Å². The fourth-order valence-electron chi connectivity index (χ4n) is 14.2. The van der Waals surface area contributed by atoms with Crippen LogP contribution in [0.2, 0.25) is 0 Å². The summed E-state index contributed by atoms with van der Waals surface area (Å²) in [5.74, 6) is -12.1. The van der Waals surface area contributed by atoms with Gasteiger partial charge < -0.3 is 126 Å². The monoisotopic (exact) mass is 1790 g/mol. The van der Waals surface area contributed by atoms with Crippen LogP contribution in [0.1, 0.15) is 193 Å². The summed E-state index contributed by atoms with van der Waals surface area (Å²) in [6.45, 7) is 10.8. The zero-order valence-corrected chi connectivity index (χ0v) is 74.4. The molecule has 0 aromatic heterocycles. The van der Waals surface area contributed by atoms with E-state index in [4.69, 9.17) is 41.9 Å². The number of nitrogens with two attached hydrogens (primary N) is 4. The molecule has 710 valence electrons. The van der Waals surface area contributed by atoms with Gasteiger partial charge in [-0.1, -0.05) is 95.8 Å². The van der Waals surface area contributed by atoms with Gasteiger partial charge in [0.25, 0.3) is 0 Å². The third-order valence-corrected chi connectivity index (χ3v) is 21.3. The quantitative estimate of drug-likeness (QED) is 0.0224. The van der Waals surface area contributed by atoms with E-state index in [-0.39, 0.29) is 183 Å². The first-order valence-corrected chi connectivity index (χ1v) is 44.1. The van der Waals surface area contributed by atoms with Gasteiger partial charge in [-0.15, -0.1) is 0 Å². The Morgan fingerprint density at radius 1 is 0.520 bits per heavy atom. The highest BCUT2D eigenvalue weighted by atomic mass is 16.5. The Morgan fingerprint density at radius 3 is 1.69 bits per heavy atom. The number of aliphatic carboxylic acids is 2. The lowest BCUT2D eigenvalue weighted by Gasteiger charge is -2.34. The van der Waals surface area contributed by atoms with Gasteiger partial charge in [0.2, 0.25) is 76.8 Å². The number of amides is 13. The van der Waals surface area contributed by atoms with Gasteiger partial charge in [-0.05, 0) is 145 Å². The number of carbonyl (C=O) groups excluding carboxylic acids is 13. The minimum absolute atomic E-state index is 0.0108. The molecule has 2 unspecified atom stereocenters. The highest BCUT2D eigenvalue weighted by Crippen LogP contribution is 2.29. The third-order valence-electron chi connectivity index (χ3n) is 21.3. The molecule has 2 fully saturated rings. The smallest absolute Gasteiger partial charge is 0.326 e. The van der Waals surface area contributed by atoms with E-state index >= 15 is 4.79 Å². The molecule has 1 heterocycles. The molecule has 1 saturated heterocycles. The number of rotatable bonds is 64. The molecule has 23 N–H and O–H groups in total. The topological polar surface area (TPSA) is 630 Å². The van der Waals surface area contributed by atoms with Crippen LogP contribution in [-0.4, -0.2) is 274 Å². The molecule has 41 heteroatoms. The number of carbonyl (C=O) groups is 15. The molecule has 1 aliphatic carbocycles. The lowest BCUT2D eigenvalue weighted by molar-refractivity contribution is -0.144. The zero-order chi connectivity index (χ0) is 93.6. The van der Waals surface area contributed by atoms with E-state index in [2.05, 4.69) is 80.7 Å². The highest BCUT2D eigenvalue weighted by molar-refractivity contribution is 6.00. The van der Waals surface area contributed by atoms with Crippen LogP contribution in [0.25, 0.3) is 0 Å². The van der Waals surface area contributed by atoms with Gasteiger partial charge in [0.1, 0.15) is 72.8 Å². The summed E-state index contributed by atoms with van der Waals surface area (Å²) in [5, 5.41) is 62.4. The summed E-state index contributed by atoms with van der Waals surface area (Å²) in [5.41, 5.74) is 21.5. The van der Waals surface area contributed by atoms with Crippen molar-refractivity contribution in [3.05, 3.63) is 65.7 Å². The number of aliphatic imine (C=N–C) groups is 2. The summed E-state index contributed by atoms with van der Waals surface area (Å²) in [6.07, 6.45) is 7.36. The minimum Gasteiger partial charge on any atom is -0.508 e. The molecule has 0 bridgehead atoms. The Labute approximate surface area is 742 Å². The number of unbranched alkanes of at least 4 members (excludes halogenated alkanes) is 3. The Morgan fingerprint density at radius 2 is 1.08 bits per heavy atom. The molecule has 13 amide bonds. The first-order valence-electron chi connectivity index (χ1n) is 44.1. The molecule has 4 rings (SSSR count). The summed E-state index contributed by atoms with van der Waals surface area (Å²) in [4.78, 5) is 212. The SMILES string of the molecule is CCCCCC(=O)NCC1CCC(C(=O)N[C@@H](CCC(=O)NCCCOCCOCCOCCCNC(=O)COCC(=O)N[C@@H](Cc2ccc(O)cc2)C(=O)NC(C)(Cc2ccccc2)C(=O)N[C@@H](CC(C)C)C(=O)NC(CCCC)C(=O)N[C@@H](CCCN=C(N)N)C(=O)N2CCC[C@H]2C(=O)N[C@@H](CCCNC(N)=NC)C(=O)N[C@@H](CC(N)=O)C(=O)O)C(=O)O)CC1. The van der Waals surface area contributed by atoms with Crippen molar-refractivity contribution in [1.82, 2.24) is 68.7 Å². The fraction of sp³-hybridized carbons (Fsp3) is 0.663. The molecule has 9 atom stereocenters. The number of guanidine groups is 2. The van der Waals surface area contributed by atoms with Crippen molar-refractivity contribution in [3.8, 4) is 5.75 Å². The average molecular weight is 1790 g/mol. The minimum atomic E-state index is -1.89. The number of hydrogen-bond acceptors (Lipinski definition) is 22. The van der Waals surface area contributed by atoms with Crippen LogP contribution >= 0.6 is 0 Å². The number of primary amides is 1. The number of phenolic OH excluding ortho intramolecular Hbond substituents is 1. The first kappa shape index (κ1) is 108. The van der Waals surface area contributed by atoms with Crippen molar-refractivity contribution < 1.29 is 106 Å². The Balaban J connectivity index is 1.31. The van der Waals surface area contributed by atoms with Gasteiger partial charge in [-0.2, -0.15) is 0 Å². The van der Waals surface area contributed by atoms with Crippen molar-refractivity contribution >= 4 is 101 Å². The van der Waals surface area contributed by atoms with Crippen molar-refractivity contribution in [2.75, 3.05) is 99.2 Å². The number of phenols is 1. The van der Waals surface area contributed by atoms with Crippen LogP contribution < -0.4 is 86.7 Å².